The van der Waals surface area contributed by atoms with Gasteiger partial charge in [-0.25, -0.2) is 4.79 Å². The van der Waals surface area contributed by atoms with Gasteiger partial charge in [-0.3, -0.25) is 9.36 Å². The van der Waals surface area contributed by atoms with Gasteiger partial charge in [0.15, 0.2) is 0 Å². The molecular weight excluding hydrogens is 635 g/mol. The maximum atomic E-state index is 14.3. The number of anilines is 1. The number of methoxy groups -OCH3 is 5. The molecule has 1 heterocycles. The van der Waals surface area contributed by atoms with Crippen LogP contribution in [0.25, 0.3) is 27.6 Å². The minimum absolute atomic E-state index is 0. The Bertz CT molecular complexity index is 1910. The predicted octanol–water partition coefficient (Wildman–Crippen LogP) is 6.72. The molecule has 46 heavy (non-hydrogen) atoms. The molecule has 240 valence electrons. The van der Waals surface area contributed by atoms with E-state index in [0.29, 0.717) is 56.6 Å². The minimum atomic E-state index is -0.735. The number of carbonyl (C=O) groups excluding carboxylic acids is 1. The molecule has 2 N–H and O–H groups in total. The van der Waals surface area contributed by atoms with Crippen molar-refractivity contribution in [2.24, 2.45) is 0 Å². The number of benzene rings is 4. The second-order valence-electron chi connectivity index (χ2n) is 9.86. The van der Waals surface area contributed by atoms with Crippen LogP contribution < -0.4 is 35.0 Å². The lowest BCUT2D eigenvalue weighted by molar-refractivity contribution is 0.0591. The summed E-state index contributed by atoms with van der Waals surface area (Å²) in [6, 6.07) is 20.4. The number of aromatic nitrogens is 1. The fourth-order valence-corrected chi connectivity index (χ4v) is 5.31. The lowest BCUT2D eigenvalue weighted by Gasteiger charge is -2.20. The molecule has 0 aliphatic heterocycles. The first-order valence-electron chi connectivity index (χ1n) is 13.7. The summed E-state index contributed by atoms with van der Waals surface area (Å²) in [6.07, 6.45) is 0. The highest BCUT2D eigenvalue weighted by Gasteiger charge is 2.27. The Morgan fingerprint density at radius 2 is 1.37 bits per heavy atom. The van der Waals surface area contributed by atoms with Crippen molar-refractivity contribution in [1.29, 1.82) is 0 Å². The fraction of sp³-hybridized carbons (Fsp3) is 0.176. The summed E-state index contributed by atoms with van der Waals surface area (Å²) in [5.41, 5.74) is 8.05. The third-order valence-corrected chi connectivity index (χ3v) is 7.61. The maximum Gasteiger partial charge on any atom is 0.355 e. The van der Waals surface area contributed by atoms with Crippen LogP contribution in [0, 0.1) is 0 Å². The molecule has 0 radical (unpaired) electrons. The van der Waals surface area contributed by atoms with Crippen LogP contribution in [-0.4, -0.2) is 46.1 Å². The highest BCUT2D eigenvalue weighted by molar-refractivity contribution is 6.33. The molecule has 0 aliphatic carbocycles. The number of carbonyl (C=O) groups is 1. The van der Waals surface area contributed by atoms with Crippen molar-refractivity contribution in [1.82, 2.24) is 4.57 Å². The number of fused-ring (bicyclic) bond motifs is 1. The Hall–Kier alpha value is -5.06. The number of nitrogens with zero attached hydrogens (tertiary/aromatic N) is 1. The zero-order chi connectivity index (χ0) is 32.2. The van der Waals surface area contributed by atoms with Gasteiger partial charge in [0, 0.05) is 23.0 Å². The first-order chi connectivity index (χ1) is 21.7. The number of ether oxygens (including phenoxy) is 6. The van der Waals surface area contributed by atoms with E-state index in [9.17, 15) is 9.59 Å². The number of nitrogen functional groups attached to an aromatic ring is 1. The summed E-state index contributed by atoms with van der Waals surface area (Å²) in [7, 11) is 7.34. The average molecular weight is 668 g/mol. The number of esters is 1. The number of pyridine rings is 1. The van der Waals surface area contributed by atoms with E-state index in [1.54, 1.807) is 74.9 Å². The molecule has 0 unspecified atom stereocenters. The van der Waals surface area contributed by atoms with Crippen molar-refractivity contribution in [2.75, 3.05) is 41.3 Å². The summed E-state index contributed by atoms with van der Waals surface area (Å²) < 4.78 is 34.4. The lowest BCUT2D eigenvalue weighted by atomic mass is 9.95. The van der Waals surface area contributed by atoms with Gasteiger partial charge in [0.05, 0.1) is 40.9 Å². The molecule has 0 bridgehead atoms. The Labute approximate surface area is 276 Å². The minimum Gasteiger partial charge on any atom is -0.497 e. The number of rotatable bonds is 10. The molecule has 5 aromatic rings. The molecule has 0 saturated heterocycles. The molecule has 10 nitrogen and oxygen atoms in total. The van der Waals surface area contributed by atoms with Gasteiger partial charge < -0.3 is 34.2 Å². The van der Waals surface area contributed by atoms with Gasteiger partial charge >= 0.3 is 5.97 Å². The maximum absolute atomic E-state index is 14.3. The Balaban J connectivity index is 0.00000480. The Kier molecular flexibility index (Phi) is 10.6. The summed E-state index contributed by atoms with van der Waals surface area (Å²) >= 11 is 6.49. The van der Waals surface area contributed by atoms with E-state index in [-0.39, 0.29) is 35.1 Å². The van der Waals surface area contributed by atoms with E-state index >= 15 is 0 Å². The van der Waals surface area contributed by atoms with Crippen LogP contribution in [0.3, 0.4) is 0 Å². The summed E-state index contributed by atoms with van der Waals surface area (Å²) in [4.78, 5) is 27.8. The van der Waals surface area contributed by atoms with Crippen LogP contribution in [0.15, 0.2) is 77.6 Å². The number of nitrogens with two attached hydrogens (primary N) is 1. The van der Waals surface area contributed by atoms with Gasteiger partial charge in [0.1, 0.15) is 46.1 Å². The number of hydrogen-bond acceptors (Lipinski definition) is 9. The van der Waals surface area contributed by atoms with Gasteiger partial charge in [-0.05, 0) is 83.2 Å². The average Bonchev–Trinajstić information content (AvgIpc) is 3.07. The molecule has 1 aromatic heterocycles. The largest absolute Gasteiger partial charge is 0.497 e. The van der Waals surface area contributed by atoms with Gasteiger partial charge in [-0.15, -0.1) is 12.4 Å². The Morgan fingerprint density at radius 3 is 1.91 bits per heavy atom. The third kappa shape index (κ3) is 6.49. The van der Waals surface area contributed by atoms with Crippen LogP contribution in [0.4, 0.5) is 5.69 Å². The fourth-order valence-electron chi connectivity index (χ4n) is 5.05. The first kappa shape index (κ1) is 33.8. The SMILES string of the molecule is COC(=O)c1c(-c2cc(OC)c(Cl)c(OC)c2)c2ccc(OCc3cc(OC)cc(OC)c3)cc2c(=O)n1-c1ccc(N)cc1.Cl. The lowest BCUT2D eigenvalue weighted by Crippen LogP contribution is -2.27. The van der Waals surface area contributed by atoms with E-state index in [0.717, 1.165) is 5.56 Å². The van der Waals surface area contributed by atoms with Crippen molar-refractivity contribution in [3.05, 3.63) is 99.4 Å². The summed E-state index contributed by atoms with van der Waals surface area (Å²) in [5.74, 6) is 1.55. The molecule has 12 heteroatoms. The quantitative estimate of drug-likeness (QED) is 0.128. The molecule has 0 spiro atoms. The predicted molar refractivity (Wildman–Crippen MR) is 180 cm³/mol. The second-order valence-corrected chi connectivity index (χ2v) is 10.2. The Morgan fingerprint density at radius 1 is 0.761 bits per heavy atom. The van der Waals surface area contributed by atoms with E-state index in [2.05, 4.69) is 0 Å². The van der Waals surface area contributed by atoms with Crippen molar-refractivity contribution in [2.45, 2.75) is 6.61 Å². The number of halogens is 2. The standard InChI is InChI=1S/C34H31ClN2O8.ClH/c1-40-24-12-19(13-25(16-24)41-2)18-45-23-10-11-26-27(17-23)33(38)37(22-8-6-21(36)7-9-22)32(34(39)44-5)30(26)20-14-28(42-3)31(35)29(15-20)43-4;/h6-17H,18,36H2,1-5H3;1H. The monoisotopic (exact) mass is 666 g/mol. The van der Waals surface area contributed by atoms with Crippen LogP contribution in [0.1, 0.15) is 16.1 Å². The topological polar surface area (TPSA) is 120 Å². The van der Waals surface area contributed by atoms with Gasteiger partial charge in [0.25, 0.3) is 5.56 Å². The molecule has 0 amide bonds. The highest BCUT2D eigenvalue weighted by Crippen LogP contribution is 2.42. The van der Waals surface area contributed by atoms with Crippen molar-refractivity contribution >= 4 is 46.4 Å². The second kappa shape index (κ2) is 14.4. The highest BCUT2D eigenvalue weighted by atomic mass is 35.5. The smallest absolute Gasteiger partial charge is 0.355 e. The molecule has 5 rings (SSSR count). The molecular formula is C34H32Cl2N2O8. The van der Waals surface area contributed by atoms with E-state index in [4.69, 9.17) is 45.8 Å². The van der Waals surface area contributed by atoms with Crippen LogP contribution in [0.5, 0.6) is 28.7 Å². The van der Waals surface area contributed by atoms with E-state index in [1.807, 2.05) is 12.1 Å². The van der Waals surface area contributed by atoms with Gasteiger partial charge in [0.2, 0.25) is 0 Å². The van der Waals surface area contributed by atoms with Crippen molar-refractivity contribution in [3.8, 4) is 45.6 Å². The van der Waals surface area contributed by atoms with E-state index < -0.39 is 11.5 Å². The summed E-state index contributed by atoms with van der Waals surface area (Å²) in [5, 5.41) is 1.00. The van der Waals surface area contributed by atoms with Gasteiger partial charge in [-0.2, -0.15) is 0 Å². The molecule has 0 atom stereocenters. The van der Waals surface area contributed by atoms with Crippen molar-refractivity contribution in [3.63, 3.8) is 0 Å². The third-order valence-electron chi connectivity index (χ3n) is 7.24. The van der Waals surface area contributed by atoms with Crippen LogP contribution in [-0.2, 0) is 11.3 Å². The van der Waals surface area contributed by atoms with Crippen LogP contribution >= 0.6 is 24.0 Å². The van der Waals surface area contributed by atoms with Gasteiger partial charge in [-0.1, -0.05) is 11.6 Å². The molecule has 0 saturated carbocycles. The van der Waals surface area contributed by atoms with Crippen LogP contribution in [0.2, 0.25) is 5.02 Å². The molecule has 0 fully saturated rings. The number of hydrogen-bond donors (Lipinski definition) is 1. The van der Waals surface area contributed by atoms with Crippen molar-refractivity contribution < 1.29 is 33.2 Å². The van der Waals surface area contributed by atoms with E-state index in [1.165, 1.54) is 25.9 Å². The zero-order valence-corrected chi connectivity index (χ0v) is 27.3. The first-order valence-corrected chi connectivity index (χ1v) is 14.0. The molecule has 0 aliphatic rings. The molecule has 4 aromatic carbocycles. The zero-order valence-electron chi connectivity index (χ0n) is 25.7. The normalized spacial score (nSPS) is 10.6. The summed E-state index contributed by atoms with van der Waals surface area (Å²) in [6.45, 7) is 0.171.